The quantitative estimate of drug-likeness (QED) is 0.382. The van der Waals surface area contributed by atoms with E-state index >= 15 is 0 Å². The fourth-order valence-corrected chi connectivity index (χ4v) is 10.8. The van der Waals surface area contributed by atoms with Crippen molar-refractivity contribution >= 4 is 47.0 Å². The van der Waals surface area contributed by atoms with Gasteiger partial charge in [0.1, 0.15) is 0 Å². The maximum absolute atomic E-state index is 2.46. The van der Waals surface area contributed by atoms with Gasteiger partial charge in [0.25, 0.3) is 0 Å². The summed E-state index contributed by atoms with van der Waals surface area (Å²) in [5.74, 6) is 5.61. The van der Waals surface area contributed by atoms with Crippen LogP contribution >= 0.6 is 47.0 Å². The molecule has 0 nitrogen and oxygen atoms in total. The Bertz CT molecular complexity index is 345. The molecule has 0 amide bonds. The molecule has 0 bridgehead atoms. The van der Waals surface area contributed by atoms with Gasteiger partial charge in [0.15, 0.2) is 0 Å². The molecule has 0 atom stereocenters. The standard InChI is InChI=1S/C20H34S4/c1-2-4-6-8-12-20(23-17-10-18-24-20)14-13-19(11-7-5-3-1)21-15-9-16-22-19/h1-2H,3-18H2/b2-1+. The molecule has 2 heterocycles. The van der Waals surface area contributed by atoms with Crippen LogP contribution in [0.2, 0.25) is 0 Å². The third kappa shape index (κ3) is 6.09. The van der Waals surface area contributed by atoms with E-state index in [4.69, 9.17) is 0 Å². The van der Waals surface area contributed by atoms with Gasteiger partial charge in [0.2, 0.25) is 0 Å². The third-order valence-corrected chi connectivity index (χ3v) is 12.6. The molecule has 2 spiro atoms. The molecular formula is C20H34S4. The van der Waals surface area contributed by atoms with Crippen molar-refractivity contribution in [2.45, 2.75) is 85.2 Å². The van der Waals surface area contributed by atoms with E-state index in [1.165, 1.54) is 100 Å². The molecule has 0 radical (unpaired) electrons. The minimum Gasteiger partial charge on any atom is -0.144 e. The molecule has 2 saturated heterocycles. The highest BCUT2D eigenvalue weighted by Crippen LogP contribution is 2.55. The molecule has 138 valence electrons. The maximum atomic E-state index is 2.46. The molecule has 0 saturated carbocycles. The van der Waals surface area contributed by atoms with Gasteiger partial charge in [-0.15, -0.1) is 47.0 Å². The Kier molecular flexibility index (Phi) is 8.67. The molecular weight excluding hydrogens is 368 g/mol. The molecule has 1 aliphatic carbocycles. The lowest BCUT2D eigenvalue weighted by molar-refractivity contribution is 0.527. The van der Waals surface area contributed by atoms with Crippen molar-refractivity contribution in [3.63, 3.8) is 0 Å². The van der Waals surface area contributed by atoms with Gasteiger partial charge in [-0.05, 0) is 87.2 Å². The first-order chi connectivity index (χ1) is 11.8. The smallest absolute Gasteiger partial charge is 0.0611 e. The van der Waals surface area contributed by atoms with Gasteiger partial charge in [-0.2, -0.15) is 0 Å². The highest BCUT2D eigenvalue weighted by molar-refractivity contribution is 8.19. The van der Waals surface area contributed by atoms with Crippen LogP contribution in [-0.4, -0.2) is 31.2 Å². The van der Waals surface area contributed by atoms with Gasteiger partial charge in [0.05, 0.1) is 8.16 Å². The Morgan fingerprint density at radius 3 is 1.29 bits per heavy atom. The average Bonchev–Trinajstić information content (AvgIpc) is 2.63. The number of thioether (sulfide) groups is 4. The summed E-state index contributed by atoms with van der Waals surface area (Å²) in [4.78, 5) is 0. The van der Waals surface area contributed by atoms with Crippen molar-refractivity contribution in [2.24, 2.45) is 0 Å². The van der Waals surface area contributed by atoms with Crippen LogP contribution in [0.25, 0.3) is 0 Å². The highest BCUT2D eigenvalue weighted by atomic mass is 32.2. The lowest BCUT2D eigenvalue weighted by Crippen LogP contribution is -2.31. The summed E-state index contributed by atoms with van der Waals surface area (Å²) in [6.07, 6.45) is 21.8. The second-order valence-corrected chi connectivity index (χ2v) is 13.8. The summed E-state index contributed by atoms with van der Waals surface area (Å²) in [5.41, 5.74) is 0. The van der Waals surface area contributed by atoms with Gasteiger partial charge in [0, 0.05) is 0 Å². The molecule has 2 aliphatic heterocycles. The summed E-state index contributed by atoms with van der Waals surface area (Å²) >= 11 is 9.28. The fraction of sp³-hybridized carbons (Fsp3) is 0.900. The first kappa shape index (κ1) is 19.9. The Hall–Kier alpha value is 1.14. The maximum Gasteiger partial charge on any atom is 0.0611 e. The Balaban J connectivity index is 1.67. The number of allylic oxidation sites excluding steroid dienone is 2. The van der Waals surface area contributed by atoms with Crippen molar-refractivity contribution in [3.8, 4) is 0 Å². The number of hydrogen-bond acceptors (Lipinski definition) is 4. The summed E-state index contributed by atoms with van der Waals surface area (Å²) in [7, 11) is 0. The van der Waals surface area contributed by atoms with E-state index in [0.717, 1.165) is 0 Å². The van der Waals surface area contributed by atoms with Crippen LogP contribution in [0.15, 0.2) is 12.2 Å². The normalized spacial score (nSPS) is 30.7. The fourth-order valence-electron chi connectivity index (χ4n) is 3.99. The molecule has 2 fully saturated rings. The predicted octanol–water partition coefficient (Wildman–Crippen LogP) is 7.59. The molecule has 24 heavy (non-hydrogen) atoms. The molecule has 3 aliphatic rings. The summed E-state index contributed by atoms with van der Waals surface area (Å²) in [6, 6.07) is 0. The monoisotopic (exact) mass is 402 g/mol. The van der Waals surface area contributed by atoms with Crippen molar-refractivity contribution in [1.82, 2.24) is 0 Å². The predicted molar refractivity (Wildman–Crippen MR) is 120 cm³/mol. The van der Waals surface area contributed by atoms with E-state index in [2.05, 4.69) is 59.2 Å². The lowest BCUT2D eigenvalue weighted by Gasteiger charge is -2.42. The lowest BCUT2D eigenvalue weighted by atomic mass is 10.0. The zero-order valence-corrected chi connectivity index (χ0v) is 18.4. The van der Waals surface area contributed by atoms with Crippen molar-refractivity contribution < 1.29 is 0 Å². The van der Waals surface area contributed by atoms with Crippen LogP contribution in [0.5, 0.6) is 0 Å². The molecule has 4 heteroatoms. The van der Waals surface area contributed by atoms with E-state index in [1.54, 1.807) is 0 Å². The number of rotatable bonds is 0. The molecule has 0 unspecified atom stereocenters. The molecule has 0 N–H and O–H groups in total. The topological polar surface area (TPSA) is 0 Å². The van der Waals surface area contributed by atoms with Crippen molar-refractivity contribution in [2.75, 3.05) is 23.0 Å². The Labute approximate surface area is 166 Å². The molecule has 0 aromatic carbocycles. The average molecular weight is 403 g/mol. The van der Waals surface area contributed by atoms with Crippen LogP contribution in [0.4, 0.5) is 0 Å². The van der Waals surface area contributed by atoms with E-state index in [-0.39, 0.29) is 0 Å². The van der Waals surface area contributed by atoms with Crippen molar-refractivity contribution in [1.29, 1.82) is 0 Å². The van der Waals surface area contributed by atoms with E-state index in [0.29, 0.717) is 8.16 Å². The van der Waals surface area contributed by atoms with E-state index in [9.17, 15) is 0 Å². The van der Waals surface area contributed by atoms with Crippen LogP contribution in [0.3, 0.4) is 0 Å². The minimum atomic E-state index is 0.553. The zero-order valence-electron chi connectivity index (χ0n) is 15.1. The van der Waals surface area contributed by atoms with Gasteiger partial charge < -0.3 is 0 Å². The van der Waals surface area contributed by atoms with E-state index < -0.39 is 0 Å². The van der Waals surface area contributed by atoms with Gasteiger partial charge >= 0.3 is 0 Å². The summed E-state index contributed by atoms with van der Waals surface area (Å²) in [5, 5.41) is 0. The SMILES string of the molecule is C1=C/CCCCC2(CCC3(CCCC/1)SCCCS3)SCCCS2. The first-order valence-corrected chi connectivity index (χ1v) is 14.0. The van der Waals surface area contributed by atoms with Gasteiger partial charge in [-0.3, -0.25) is 0 Å². The zero-order chi connectivity index (χ0) is 16.6. The molecule has 3 rings (SSSR count). The summed E-state index contributed by atoms with van der Waals surface area (Å²) in [6.45, 7) is 0. The van der Waals surface area contributed by atoms with Crippen LogP contribution in [-0.2, 0) is 0 Å². The highest BCUT2D eigenvalue weighted by Gasteiger charge is 2.39. The Morgan fingerprint density at radius 2 is 0.875 bits per heavy atom. The first-order valence-electron chi connectivity index (χ1n) is 10.0. The van der Waals surface area contributed by atoms with Gasteiger partial charge in [-0.25, -0.2) is 0 Å². The van der Waals surface area contributed by atoms with Crippen molar-refractivity contribution in [3.05, 3.63) is 12.2 Å². The third-order valence-electron chi connectivity index (χ3n) is 5.45. The van der Waals surface area contributed by atoms with Gasteiger partial charge in [-0.1, -0.05) is 25.0 Å². The largest absolute Gasteiger partial charge is 0.144 e. The number of hydrogen-bond donors (Lipinski definition) is 0. The van der Waals surface area contributed by atoms with Crippen LogP contribution < -0.4 is 0 Å². The molecule has 0 aromatic rings. The summed E-state index contributed by atoms with van der Waals surface area (Å²) < 4.78 is 1.11. The second-order valence-electron chi connectivity index (χ2n) is 7.39. The van der Waals surface area contributed by atoms with Crippen LogP contribution in [0.1, 0.15) is 77.0 Å². The second kappa shape index (κ2) is 10.5. The Morgan fingerprint density at radius 1 is 0.458 bits per heavy atom. The van der Waals surface area contributed by atoms with E-state index in [1.807, 2.05) is 0 Å². The minimum absolute atomic E-state index is 0.553. The molecule has 0 aromatic heterocycles. The van der Waals surface area contributed by atoms with Crippen LogP contribution in [0, 0.1) is 0 Å².